The highest BCUT2D eigenvalue weighted by Crippen LogP contribution is 2.77. The van der Waals surface area contributed by atoms with Crippen molar-refractivity contribution in [3.8, 4) is 0 Å². The Kier molecular flexibility index (Phi) is 5.18. The van der Waals surface area contributed by atoms with E-state index in [4.69, 9.17) is 0 Å². The third-order valence-electron chi connectivity index (χ3n) is 13.9. The molecule has 3 N–H and O–H groups in total. The molecule has 4 nitrogen and oxygen atoms in total. The number of aliphatic hydroxyl groups is 2. The van der Waals surface area contributed by atoms with Gasteiger partial charge in [-0.3, -0.25) is 4.79 Å². The van der Waals surface area contributed by atoms with Crippen LogP contribution in [0.2, 0.25) is 0 Å². The molecule has 34 heavy (non-hydrogen) atoms. The number of carboxylic acid groups (broad SMARTS) is 1. The van der Waals surface area contributed by atoms with Gasteiger partial charge in [0.15, 0.2) is 5.79 Å². The molecule has 0 aromatic carbocycles. The van der Waals surface area contributed by atoms with Crippen molar-refractivity contribution < 1.29 is 20.1 Å². The van der Waals surface area contributed by atoms with Gasteiger partial charge in [-0.25, -0.2) is 0 Å². The number of carbonyl (C=O) groups is 1. The third-order valence-corrected chi connectivity index (χ3v) is 13.9. The lowest BCUT2D eigenvalue weighted by molar-refractivity contribution is -0.321. The molecule has 0 amide bonds. The summed E-state index contributed by atoms with van der Waals surface area (Å²) in [5, 5.41) is 32.3. The topological polar surface area (TPSA) is 77.8 Å². The summed E-state index contributed by atoms with van der Waals surface area (Å²) in [6.07, 6.45) is 10.6. The van der Waals surface area contributed by atoms with E-state index < -0.39 is 22.6 Å². The normalized spacial score (nSPS) is 53.0. The molecule has 0 bridgehead atoms. The molecule has 8 atom stereocenters. The Morgan fingerprint density at radius 1 is 0.676 bits per heavy atom. The molecule has 1 unspecified atom stereocenters. The van der Waals surface area contributed by atoms with Gasteiger partial charge < -0.3 is 15.3 Å². The maximum atomic E-state index is 12.8. The largest absolute Gasteiger partial charge is 0.481 e. The van der Waals surface area contributed by atoms with Gasteiger partial charge in [0, 0.05) is 11.8 Å². The second-order valence-corrected chi connectivity index (χ2v) is 15.6. The maximum absolute atomic E-state index is 12.8. The SMILES string of the molecule is CC1(C)CC[C@]2(C(=O)O)CC[C@]3(C)[C@H](CC[C@@H]4[C@@]5(C)CCC(O)(O)C(C)(C)C5CC[C@]43C)[C@H]2C1. The predicted molar refractivity (Wildman–Crippen MR) is 134 cm³/mol. The minimum atomic E-state index is -1.59. The molecule has 0 heterocycles. The Morgan fingerprint density at radius 2 is 1.32 bits per heavy atom. The van der Waals surface area contributed by atoms with Crippen molar-refractivity contribution in [2.75, 3.05) is 0 Å². The van der Waals surface area contributed by atoms with Gasteiger partial charge >= 0.3 is 5.97 Å². The molecule has 4 heteroatoms. The Labute approximate surface area is 207 Å². The maximum Gasteiger partial charge on any atom is 0.309 e. The molecular formula is C30H50O4. The van der Waals surface area contributed by atoms with Gasteiger partial charge in [0.05, 0.1) is 5.41 Å². The zero-order valence-corrected chi connectivity index (χ0v) is 22.8. The molecule has 0 spiro atoms. The van der Waals surface area contributed by atoms with Crippen molar-refractivity contribution in [1.29, 1.82) is 0 Å². The summed E-state index contributed by atoms with van der Waals surface area (Å²) in [5.74, 6) is -0.507. The monoisotopic (exact) mass is 474 g/mol. The predicted octanol–water partition coefficient (Wildman–Crippen LogP) is 6.63. The quantitative estimate of drug-likeness (QED) is 0.373. The highest BCUT2D eigenvalue weighted by molar-refractivity contribution is 5.75. The van der Waals surface area contributed by atoms with Crippen molar-refractivity contribution in [1.82, 2.24) is 0 Å². The number of hydrogen-bond acceptors (Lipinski definition) is 3. The van der Waals surface area contributed by atoms with Crippen LogP contribution < -0.4 is 0 Å². The first-order valence-electron chi connectivity index (χ1n) is 14.2. The molecule has 5 fully saturated rings. The molecule has 0 aromatic rings. The standard InChI is InChI=1S/C30H50O4/c1-24(2)12-15-29(23(31)32)16-14-27(6)19(20(29)18-24)8-9-22-26(5)13-17-30(33,34)25(3,4)21(26)10-11-28(22,27)7/h19-22,33-34H,8-18H2,1-7H3,(H,31,32)/t19-,20-,21?,22-,26+,27-,28-,29+/m1/s1. The minimum Gasteiger partial charge on any atom is -0.481 e. The molecule has 5 saturated carbocycles. The van der Waals surface area contributed by atoms with Crippen LogP contribution in [-0.4, -0.2) is 27.1 Å². The molecule has 194 valence electrons. The summed E-state index contributed by atoms with van der Waals surface area (Å²) in [6.45, 7) is 16.4. The van der Waals surface area contributed by atoms with Crippen LogP contribution in [0.4, 0.5) is 0 Å². The van der Waals surface area contributed by atoms with Gasteiger partial charge in [-0.1, -0.05) is 48.5 Å². The lowest BCUT2D eigenvalue weighted by Gasteiger charge is -2.73. The van der Waals surface area contributed by atoms with E-state index >= 15 is 0 Å². The van der Waals surface area contributed by atoms with Crippen molar-refractivity contribution >= 4 is 5.97 Å². The first kappa shape index (κ1) is 25.1. The third kappa shape index (κ3) is 2.88. The lowest BCUT2D eigenvalue weighted by Crippen LogP contribution is -2.69. The van der Waals surface area contributed by atoms with Crippen molar-refractivity contribution in [3.05, 3.63) is 0 Å². The lowest BCUT2D eigenvalue weighted by atomic mass is 9.31. The van der Waals surface area contributed by atoms with Crippen LogP contribution in [0.5, 0.6) is 0 Å². The zero-order valence-electron chi connectivity index (χ0n) is 22.8. The van der Waals surface area contributed by atoms with E-state index in [2.05, 4.69) is 48.5 Å². The summed E-state index contributed by atoms with van der Waals surface area (Å²) in [4.78, 5) is 12.8. The number of carboxylic acids is 1. The van der Waals surface area contributed by atoms with Crippen molar-refractivity contribution in [2.45, 2.75) is 125 Å². The van der Waals surface area contributed by atoms with Crippen molar-refractivity contribution in [3.63, 3.8) is 0 Å². The first-order valence-corrected chi connectivity index (χ1v) is 14.2. The second kappa shape index (κ2) is 7.03. The summed E-state index contributed by atoms with van der Waals surface area (Å²) in [5.41, 5.74) is -0.386. The highest BCUT2D eigenvalue weighted by atomic mass is 16.5. The Morgan fingerprint density at radius 3 is 1.97 bits per heavy atom. The van der Waals surface area contributed by atoms with E-state index in [9.17, 15) is 20.1 Å². The van der Waals surface area contributed by atoms with Gasteiger partial charge in [-0.05, 0) is 110 Å². The van der Waals surface area contributed by atoms with Gasteiger partial charge in [-0.15, -0.1) is 0 Å². The molecular weight excluding hydrogens is 424 g/mol. The smallest absolute Gasteiger partial charge is 0.309 e. The zero-order chi connectivity index (χ0) is 25.2. The fourth-order valence-corrected chi connectivity index (χ4v) is 11.4. The number of rotatable bonds is 1. The van der Waals surface area contributed by atoms with E-state index in [1.807, 2.05) is 0 Å². The fourth-order valence-electron chi connectivity index (χ4n) is 11.4. The fraction of sp³-hybridized carbons (Fsp3) is 0.967. The van der Waals surface area contributed by atoms with Crippen LogP contribution in [0, 0.1) is 56.2 Å². The van der Waals surface area contributed by atoms with E-state index in [1.54, 1.807) is 0 Å². The van der Waals surface area contributed by atoms with Gasteiger partial charge in [0.1, 0.15) is 0 Å². The van der Waals surface area contributed by atoms with Crippen LogP contribution in [0.1, 0.15) is 119 Å². The molecule has 0 aromatic heterocycles. The average molecular weight is 475 g/mol. The molecule has 0 aliphatic heterocycles. The van der Waals surface area contributed by atoms with E-state index in [1.165, 1.54) is 0 Å². The molecule has 0 radical (unpaired) electrons. The Balaban J connectivity index is 1.55. The Bertz CT molecular complexity index is 875. The van der Waals surface area contributed by atoms with E-state index in [-0.39, 0.29) is 27.6 Å². The van der Waals surface area contributed by atoms with Crippen LogP contribution in [-0.2, 0) is 4.79 Å². The van der Waals surface area contributed by atoms with E-state index in [0.717, 1.165) is 64.2 Å². The van der Waals surface area contributed by atoms with Gasteiger partial charge in [0.2, 0.25) is 0 Å². The first-order chi connectivity index (χ1) is 15.5. The molecule has 5 rings (SSSR count). The molecule has 5 aliphatic carbocycles. The summed E-state index contributed by atoms with van der Waals surface area (Å²) in [6, 6.07) is 0. The summed E-state index contributed by atoms with van der Waals surface area (Å²) < 4.78 is 0. The van der Waals surface area contributed by atoms with E-state index in [0.29, 0.717) is 24.2 Å². The van der Waals surface area contributed by atoms with Crippen LogP contribution >= 0.6 is 0 Å². The minimum absolute atomic E-state index is 0.104. The van der Waals surface area contributed by atoms with Gasteiger partial charge in [0.25, 0.3) is 0 Å². The van der Waals surface area contributed by atoms with Crippen LogP contribution in [0.25, 0.3) is 0 Å². The second-order valence-electron chi connectivity index (χ2n) is 15.6. The Hall–Kier alpha value is -0.610. The summed E-state index contributed by atoms with van der Waals surface area (Å²) in [7, 11) is 0. The van der Waals surface area contributed by atoms with Crippen LogP contribution in [0.15, 0.2) is 0 Å². The van der Waals surface area contributed by atoms with Gasteiger partial charge in [-0.2, -0.15) is 0 Å². The molecule has 5 aliphatic rings. The molecule has 0 saturated heterocycles. The summed E-state index contributed by atoms with van der Waals surface area (Å²) >= 11 is 0. The highest BCUT2D eigenvalue weighted by Gasteiger charge is 2.72. The number of fused-ring (bicyclic) bond motifs is 7. The van der Waals surface area contributed by atoms with Crippen molar-refractivity contribution in [2.24, 2.45) is 56.2 Å². The van der Waals surface area contributed by atoms with Crippen LogP contribution in [0.3, 0.4) is 0 Å². The number of aliphatic carboxylic acids is 1. The number of hydrogen-bond donors (Lipinski definition) is 3. The average Bonchev–Trinajstić information content (AvgIpc) is 2.71.